The van der Waals surface area contributed by atoms with Crippen molar-refractivity contribution in [3.8, 4) is 11.3 Å². The number of aromatic amines is 1. The fraction of sp³-hybridized carbons (Fsp3) is 0. The van der Waals surface area contributed by atoms with Crippen molar-refractivity contribution in [1.29, 1.82) is 0 Å². The number of aromatic carboxylic acids is 1. The van der Waals surface area contributed by atoms with E-state index in [9.17, 15) is 9.90 Å². The minimum atomic E-state index is -1.02. The Morgan fingerprint density at radius 2 is 1.89 bits per heavy atom. The normalized spacial score (nSPS) is 10.7. The van der Waals surface area contributed by atoms with Gasteiger partial charge in [0, 0.05) is 27.8 Å². The van der Waals surface area contributed by atoms with Crippen LogP contribution in [0.1, 0.15) is 10.4 Å². The van der Waals surface area contributed by atoms with E-state index in [1.54, 1.807) is 18.2 Å². The number of nitrogen functional groups attached to an aromatic ring is 1. The van der Waals surface area contributed by atoms with Crippen molar-refractivity contribution in [2.75, 3.05) is 5.73 Å². The topological polar surface area (TPSA) is 79.1 Å². The van der Waals surface area contributed by atoms with Gasteiger partial charge in [0.15, 0.2) is 0 Å². The monoisotopic (exact) mass is 252 g/mol. The van der Waals surface area contributed by atoms with Gasteiger partial charge >= 0.3 is 5.97 Å². The highest BCUT2D eigenvalue weighted by atomic mass is 16.4. The van der Waals surface area contributed by atoms with Gasteiger partial charge in [0.2, 0.25) is 0 Å². The number of carboxylic acids is 1. The predicted molar refractivity (Wildman–Crippen MR) is 75.1 cm³/mol. The molecule has 0 unspecified atom stereocenters. The van der Waals surface area contributed by atoms with Crippen LogP contribution in [0.2, 0.25) is 0 Å². The molecule has 94 valence electrons. The first kappa shape index (κ1) is 11.3. The SMILES string of the molecule is Nc1cccc(-c2cc3ccccc3[nH]2)c1C(=O)O. The van der Waals surface area contributed by atoms with Gasteiger partial charge in [0.1, 0.15) is 0 Å². The standard InChI is InChI=1S/C15H12N2O2/c16-11-6-3-5-10(14(11)15(18)19)13-8-9-4-1-2-7-12(9)17-13/h1-8,17H,16H2,(H,18,19). The van der Waals surface area contributed by atoms with Gasteiger partial charge in [-0.3, -0.25) is 0 Å². The molecular formula is C15H12N2O2. The fourth-order valence-corrected chi connectivity index (χ4v) is 2.25. The summed E-state index contributed by atoms with van der Waals surface area (Å²) in [6.07, 6.45) is 0. The van der Waals surface area contributed by atoms with Crippen molar-refractivity contribution < 1.29 is 9.90 Å². The zero-order chi connectivity index (χ0) is 13.4. The molecule has 0 saturated heterocycles. The first-order valence-electron chi connectivity index (χ1n) is 5.87. The molecule has 0 aliphatic rings. The highest BCUT2D eigenvalue weighted by Gasteiger charge is 2.16. The highest BCUT2D eigenvalue weighted by molar-refractivity contribution is 6.02. The molecule has 0 bridgehead atoms. The van der Waals surface area contributed by atoms with E-state index < -0.39 is 5.97 Å². The molecule has 3 aromatic rings. The molecule has 3 rings (SSSR count). The predicted octanol–water partition coefficient (Wildman–Crippen LogP) is 3.12. The maximum absolute atomic E-state index is 11.3. The summed E-state index contributed by atoms with van der Waals surface area (Å²) in [6.45, 7) is 0. The fourth-order valence-electron chi connectivity index (χ4n) is 2.25. The minimum Gasteiger partial charge on any atom is -0.478 e. The Bertz CT molecular complexity index is 742. The third kappa shape index (κ3) is 1.83. The number of nitrogens with two attached hydrogens (primary N) is 1. The number of rotatable bonds is 2. The maximum atomic E-state index is 11.3. The summed E-state index contributed by atoms with van der Waals surface area (Å²) in [7, 11) is 0. The summed E-state index contributed by atoms with van der Waals surface area (Å²) >= 11 is 0. The number of carbonyl (C=O) groups is 1. The van der Waals surface area contributed by atoms with Gasteiger partial charge in [-0.05, 0) is 18.2 Å². The number of para-hydroxylation sites is 1. The molecule has 1 heterocycles. The molecule has 0 aliphatic heterocycles. The molecule has 4 N–H and O–H groups in total. The molecule has 0 saturated carbocycles. The van der Waals surface area contributed by atoms with Gasteiger partial charge in [-0.2, -0.15) is 0 Å². The van der Waals surface area contributed by atoms with E-state index in [2.05, 4.69) is 4.98 Å². The largest absolute Gasteiger partial charge is 0.478 e. The molecule has 0 atom stereocenters. The van der Waals surface area contributed by atoms with Crippen LogP contribution in [0.25, 0.3) is 22.2 Å². The summed E-state index contributed by atoms with van der Waals surface area (Å²) in [5.74, 6) is -1.02. The van der Waals surface area contributed by atoms with Crippen molar-refractivity contribution >= 4 is 22.6 Å². The van der Waals surface area contributed by atoms with Crippen molar-refractivity contribution in [3.05, 3.63) is 54.1 Å². The molecule has 1 aromatic heterocycles. The number of hydrogen-bond donors (Lipinski definition) is 3. The number of nitrogens with one attached hydrogen (secondary N) is 1. The van der Waals surface area contributed by atoms with Crippen molar-refractivity contribution in [1.82, 2.24) is 4.98 Å². The number of aromatic nitrogens is 1. The van der Waals surface area contributed by atoms with Crippen LogP contribution in [0.5, 0.6) is 0 Å². The average Bonchev–Trinajstić information content (AvgIpc) is 2.81. The molecule has 4 nitrogen and oxygen atoms in total. The minimum absolute atomic E-state index is 0.133. The quantitative estimate of drug-likeness (QED) is 0.613. The average molecular weight is 252 g/mol. The van der Waals surface area contributed by atoms with Crippen LogP contribution in [-0.2, 0) is 0 Å². The molecule has 0 fully saturated rings. The highest BCUT2D eigenvalue weighted by Crippen LogP contribution is 2.29. The lowest BCUT2D eigenvalue weighted by Gasteiger charge is -2.06. The summed E-state index contributed by atoms with van der Waals surface area (Å²) in [5, 5.41) is 10.3. The van der Waals surface area contributed by atoms with E-state index in [4.69, 9.17) is 5.73 Å². The number of carboxylic acid groups (broad SMARTS) is 1. The zero-order valence-electron chi connectivity index (χ0n) is 10.1. The molecule has 0 aliphatic carbocycles. The lowest BCUT2D eigenvalue weighted by Crippen LogP contribution is -2.04. The first-order chi connectivity index (χ1) is 9.16. The Hall–Kier alpha value is -2.75. The molecule has 0 radical (unpaired) electrons. The number of anilines is 1. The summed E-state index contributed by atoms with van der Waals surface area (Å²) < 4.78 is 0. The molecule has 19 heavy (non-hydrogen) atoms. The molecule has 2 aromatic carbocycles. The van der Waals surface area contributed by atoms with Gasteiger partial charge < -0.3 is 15.8 Å². The number of fused-ring (bicyclic) bond motifs is 1. The van der Waals surface area contributed by atoms with Crippen LogP contribution < -0.4 is 5.73 Å². The van der Waals surface area contributed by atoms with Gasteiger partial charge in [0.05, 0.1) is 5.56 Å². The van der Waals surface area contributed by atoms with Crippen LogP contribution in [0.3, 0.4) is 0 Å². The van der Waals surface area contributed by atoms with E-state index >= 15 is 0 Å². The Labute approximate surface area is 109 Å². The van der Waals surface area contributed by atoms with Crippen LogP contribution in [0.15, 0.2) is 48.5 Å². The van der Waals surface area contributed by atoms with Gasteiger partial charge in [-0.15, -0.1) is 0 Å². The van der Waals surface area contributed by atoms with E-state index in [-0.39, 0.29) is 11.3 Å². The maximum Gasteiger partial charge on any atom is 0.338 e. The van der Waals surface area contributed by atoms with Crippen LogP contribution >= 0.6 is 0 Å². The van der Waals surface area contributed by atoms with Crippen LogP contribution in [0.4, 0.5) is 5.69 Å². The van der Waals surface area contributed by atoms with Gasteiger partial charge in [-0.1, -0.05) is 30.3 Å². The van der Waals surface area contributed by atoms with Crippen molar-refractivity contribution in [2.45, 2.75) is 0 Å². The summed E-state index contributed by atoms with van der Waals surface area (Å²) in [5.41, 5.74) is 8.48. The van der Waals surface area contributed by atoms with Gasteiger partial charge in [0.25, 0.3) is 0 Å². The molecular weight excluding hydrogens is 240 g/mol. The second kappa shape index (κ2) is 4.17. The summed E-state index contributed by atoms with van der Waals surface area (Å²) in [4.78, 5) is 14.6. The molecule has 0 amide bonds. The lowest BCUT2D eigenvalue weighted by molar-refractivity contribution is 0.0699. The Morgan fingerprint density at radius 3 is 2.63 bits per heavy atom. The Morgan fingerprint density at radius 1 is 1.11 bits per heavy atom. The second-order valence-electron chi connectivity index (χ2n) is 4.35. The Balaban J connectivity index is 2.27. The lowest BCUT2D eigenvalue weighted by atomic mass is 10.0. The Kier molecular flexibility index (Phi) is 2.49. The molecule has 0 spiro atoms. The third-order valence-electron chi connectivity index (χ3n) is 3.13. The van der Waals surface area contributed by atoms with Crippen molar-refractivity contribution in [2.24, 2.45) is 0 Å². The van der Waals surface area contributed by atoms with E-state index in [0.29, 0.717) is 5.56 Å². The van der Waals surface area contributed by atoms with Crippen LogP contribution in [0, 0.1) is 0 Å². The zero-order valence-corrected chi connectivity index (χ0v) is 10.1. The smallest absolute Gasteiger partial charge is 0.338 e. The number of benzene rings is 2. The van der Waals surface area contributed by atoms with Crippen LogP contribution in [-0.4, -0.2) is 16.1 Å². The van der Waals surface area contributed by atoms with E-state index in [1.165, 1.54) is 0 Å². The molecule has 4 heteroatoms. The van der Waals surface area contributed by atoms with E-state index in [0.717, 1.165) is 16.6 Å². The number of H-pyrrole nitrogens is 1. The second-order valence-corrected chi connectivity index (χ2v) is 4.35. The number of hydrogen-bond acceptors (Lipinski definition) is 2. The van der Waals surface area contributed by atoms with Gasteiger partial charge in [-0.25, -0.2) is 4.79 Å². The third-order valence-corrected chi connectivity index (χ3v) is 3.13. The van der Waals surface area contributed by atoms with E-state index in [1.807, 2.05) is 30.3 Å². The van der Waals surface area contributed by atoms with Crippen molar-refractivity contribution in [3.63, 3.8) is 0 Å². The first-order valence-corrected chi connectivity index (χ1v) is 5.87. The summed E-state index contributed by atoms with van der Waals surface area (Å²) in [6, 6.07) is 14.8.